The predicted molar refractivity (Wildman–Crippen MR) is 134 cm³/mol. The summed E-state index contributed by atoms with van der Waals surface area (Å²) in [5.74, 6) is 0.121. The predicted octanol–water partition coefficient (Wildman–Crippen LogP) is 5.35. The van der Waals surface area contributed by atoms with Gasteiger partial charge in [-0.05, 0) is 42.6 Å². The number of nitriles is 1. The Morgan fingerprint density at radius 3 is 2.61 bits per heavy atom. The molecule has 1 amide bonds. The molecule has 2 unspecified atom stereocenters. The Bertz CT molecular complexity index is 1330. The average molecular weight is 460 g/mol. The molecule has 3 aromatic rings. The lowest BCUT2D eigenvalue weighted by molar-refractivity contribution is 0.0480. The van der Waals surface area contributed by atoms with Crippen LogP contribution in [-0.2, 0) is 0 Å². The molecule has 1 saturated heterocycles. The number of benzene rings is 1. The maximum absolute atomic E-state index is 13.8. The molecule has 1 saturated carbocycles. The van der Waals surface area contributed by atoms with Gasteiger partial charge in [-0.25, -0.2) is 4.98 Å². The third-order valence-electron chi connectivity index (χ3n) is 7.61. The highest BCUT2D eigenvalue weighted by Crippen LogP contribution is 2.56. The second-order valence-electron chi connectivity index (χ2n) is 10.7. The number of carbonyl (C=O) groups is 1. The second kappa shape index (κ2) is 7.19. The van der Waals surface area contributed by atoms with E-state index in [0.29, 0.717) is 37.3 Å². The van der Waals surface area contributed by atoms with Gasteiger partial charge in [-0.3, -0.25) is 4.79 Å². The van der Waals surface area contributed by atoms with Crippen LogP contribution in [0.5, 0.6) is 0 Å². The van der Waals surface area contributed by atoms with E-state index < -0.39 is 0 Å². The molecule has 5 rings (SSSR count). The van der Waals surface area contributed by atoms with Crippen LogP contribution in [0.1, 0.15) is 60.8 Å². The van der Waals surface area contributed by atoms with Crippen molar-refractivity contribution in [3.05, 3.63) is 40.3 Å². The summed E-state index contributed by atoms with van der Waals surface area (Å²) in [5, 5.41) is 10.5. The Morgan fingerprint density at radius 1 is 1.24 bits per heavy atom. The van der Waals surface area contributed by atoms with Crippen molar-refractivity contribution in [2.45, 2.75) is 53.0 Å². The Labute approximate surface area is 198 Å². The van der Waals surface area contributed by atoms with Crippen molar-refractivity contribution in [3.63, 3.8) is 0 Å². The van der Waals surface area contributed by atoms with Crippen molar-refractivity contribution in [3.8, 4) is 17.2 Å². The Balaban J connectivity index is 1.66. The van der Waals surface area contributed by atoms with Crippen LogP contribution in [0.3, 0.4) is 0 Å². The monoisotopic (exact) mass is 459 g/mol. The number of thiophene rings is 1. The van der Waals surface area contributed by atoms with Gasteiger partial charge in [-0.15, -0.1) is 11.3 Å². The SMILES string of the molecule is Cc1ccc(-c2c(C#N)c(N)nc3sc(C(=O)N4CCC5(C)CC4C(C)(C)C5)c(N)c23)cc1. The van der Waals surface area contributed by atoms with E-state index >= 15 is 0 Å². The van der Waals surface area contributed by atoms with Gasteiger partial charge < -0.3 is 16.4 Å². The molecule has 4 N–H and O–H groups in total. The van der Waals surface area contributed by atoms with Crippen LogP contribution in [0.15, 0.2) is 24.3 Å². The topological polar surface area (TPSA) is 109 Å². The Morgan fingerprint density at radius 2 is 1.94 bits per heavy atom. The first-order valence-corrected chi connectivity index (χ1v) is 12.2. The van der Waals surface area contributed by atoms with E-state index in [-0.39, 0.29) is 23.2 Å². The smallest absolute Gasteiger partial charge is 0.266 e. The van der Waals surface area contributed by atoms with Gasteiger partial charge in [0.05, 0.1) is 5.69 Å². The van der Waals surface area contributed by atoms with Crippen LogP contribution in [-0.4, -0.2) is 28.4 Å². The number of likely N-dealkylation sites (tertiary alicyclic amines) is 1. The maximum atomic E-state index is 13.8. The summed E-state index contributed by atoms with van der Waals surface area (Å²) in [7, 11) is 0. The highest BCUT2D eigenvalue weighted by atomic mass is 32.1. The minimum atomic E-state index is -0.0375. The van der Waals surface area contributed by atoms with Gasteiger partial charge in [0.25, 0.3) is 5.91 Å². The molecule has 2 bridgehead atoms. The number of carbonyl (C=O) groups excluding carboxylic acids is 1. The summed E-state index contributed by atoms with van der Waals surface area (Å²) >= 11 is 1.28. The molecule has 170 valence electrons. The van der Waals surface area contributed by atoms with E-state index in [1.807, 2.05) is 36.1 Å². The van der Waals surface area contributed by atoms with Gasteiger partial charge in [0.1, 0.15) is 27.2 Å². The summed E-state index contributed by atoms with van der Waals surface area (Å²) in [5.41, 5.74) is 16.5. The zero-order chi connectivity index (χ0) is 23.7. The van der Waals surface area contributed by atoms with E-state index in [9.17, 15) is 10.1 Å². The summed E-state index contributed by atoms with van der Waals surface area (Å²) in [6, 6.07) is 10.3. The number of anilines is 2. The van der Waals surface area contributed by atoms with Crippen LogP contribution < -0.4 is 11.5 Å². The molecule has 2 fully saturated rings. The number of hydrogen-bond donors (Lipinski definition) is 2. The number of pyridine rings is 1. The van der Waals surface area contributed by atoms with E-state index in [4.69, 9.17) is 11.5 Å². The van der Waals surface area contributed by atoms with Crippen LogP contribution in [0.4, 0.5) is 11.5 Å². The van der Waals surface area contributed by atoms with Crippen molar-refractivity contribution < 1.29 is 4.79 Å². The molecule has 1 aromatic carbocycles. The number of nitrogens with two attached hydrogens (primary N) is 2. The third kappa shape index (κ3) is 3.27. The standard InChI is InChI=1S/C26H29N5OS/c1-14-5-7-15(8-6-14)18-16(12-27)22(29)30-23-19(18)20(28)21(33-23)24(32)31-10-9-26(4)11-17(31)25(2,3)13-26/h5-8,17H,9-11,13,28H2,1-4H3,(H2,29,30). The van der Waals surface area contributed by atoms with Crippen molar-refractivity contribution >= 4 is 39.0 Å². The quantitative estimate of drug-likeness (QED) is 0.537. The number of nitrogens with zero attached hydrogens (tertiary/aromatic N) is 3. The van der Waals surface area contributed by atoms with E-state index in [0.717, 1.165) is 36.9 Å². The van der Waals surface area contributed by atoms with Crippen molar-refractivity contribution in [2.24, 2.45) is 10.8 Å². The number of hydrogen-bond acceptors (Lipinski definition) is 6. The first-order chi connectivity index (χ1) is 15.5. The van der Waals surface area contributed by atoms with Crippen molar-refractivity contribution in [1.82, 2.24) is 9.88 Å². The molecule has 7 heteroatoms. The van der Waals surface area contributed by atoms with Crippen molar-refractivity contribution in [2.75, 3.05) is 18.0 Å². The maximum Gasteiger partial charge on any atom is 0.266 e. The normalized spacial score (nSPS) is 23.6. The number of aromatic nitrogens is 1. The zero-order valence-corrected chi connectivity index (χ0v) is 20.3. The first kappa shape index (κ1) is 21.7. The number of piperidine rings is 1. The number of amides is 1. The summed E-state index contributed by atoms with van der Waals surface area (Å²) in [6.07, 6.45) is 3.15. The highest BCUT2D eigenvalue weighted by Gasteiger charge is 2.53. The number of aryl methyl sites for hydroxylation is 1. The summed E-state index contributed by atoms with van der Waals surface area (Å²) in [6.45, 7) is 9.62. The fourth-order valence-electron chi connectivity index (χ4n) is 6.13. The molecule has 1 aliphatic heterocycles. The fourth-order valence-corrected chi connectivity index (χ4v) is 7.19. The van der Waals surface area contributed by atoms with E-state index in [1.54, 1.807) is 0 Å². The van der Waals surface area contributed by atoms with Crippen LogP contribution in [0.2, 0.25) is 0 Å². The van der Waals surface area contributed by atoms with Crippen molar-refractivity contribution in [1.29, 1.82) is 5.26 Å². The molecule has 0 spiro atoms. The van der Waals surface area contributed by atoms with Crippen LogP contribution in [0.25, 0.3) is 21.3 Å². The van der Waals surface area contributed by atoms with Gasteiger partial charge in [0.2, 0.25) is 0 Å². The molecule has 0 radical (unpaired) electrons. The van der Waals surface area contributed by atoms with Crippen LogP contribution in [0, 0.1) is 29.1 Å². The first-order valence-electron chi connectivity index (χ1n) is 11.3. The fraction of sp³-hybridized carbons (Fsp3) is 0.423. The molecule has 1 aliphatic carbocycles. The summed E-state index contributed by atoms with van der Waals surface area (Å²) in [4.78, 5) is 21.4. The Kier molecular flexibility index (Phi) is 4.74. The lowest BCUT2D eigenvalue weighted by Gasteiger charge is -2.40. The van der Waals surface area contributed by atoms with Crippen LogP contribution >= 0.6 is 11.3 Å². The van der Waals surface area contributed by atoms with Gasteiger partial charge >= 0.3 is 0 Å². The molecule has 2 aromatic heterocycles. The molecular formula is C26H29N5OS. The van der Waals surface area contributed by atoms with E-state index in [1.165, 1.54) is 11.3 Å². The van der Waals surface area contributed by atoms with E-state index in [2.05, 4.69) is 31.8 Å². The van der Waals surface area contributed by atoms with Gasteiger partial charge in [-0.1, -0.05) is 50.6 Å². The number of rotatable bonds is 2. The zero-order valence-electron chi connectivity index (χ0n) is 19.5. The Hall–Kier alpha value is -3.11. The average Bonchev–Trinajstić information content (AvgIpc) is 3.17. The highest BCUT2D eigenvalue weighted by molar-refractivity contribution is 7.21. The van der Waals surface area contributed by atoms with Gasteiger partial charge in [0, 0.05) is 23.5 Å². The third-order valence-corrected chi connectivity index (χ3v) is 8.70. The molecule has 2 aliphatic rings. The largest absolute Gasteiger partial charge is 0.397 e. The molecular weight excluding hydrogens is 430 g/mol. The van der Waals surface area contributed by atoms with Gasteiger partial charge in [0.15, 0.2) is 0 Å². The number of nitrogen functional groups attached to an aromatic ring is 2. The molecule has 6 nitrogen and oxygen atoms in total. The number of fused-ring (bicyclic) bond motifs is 3. The minimum absolute atomic E-state index is 0.0375. The molecule has 2 atom stereocenters. The summed E-state index contributed by atoms with van der Waals surface area (Å²) < 4.78 is 0. The second-order valence-corrected chi connectivity index (χ2v) is 11.7. The lowest BCUT2D eigenvalue weighted by atomic mass is 9.81. The molecule has 3 heterocycles. The van der Waals surface area contributed by atoms with Gasteiger partial charge in [-0.2, -0.15) is 5.26 Å². The minimum Gasteiger partial charge on any atom is -0.397 e. The lowest BCUT2D eigenvalue weighted by Crippen LogP contribution is -2.48. The molecule has 33 heavy (non-hydrogen) atoms.